The molecule has 0 aliphatic rings. The predicted octanol–water partition coefficient (Wildman–Crippen LogP) is 5.31. The van der Waals surface area contributed by atoms with E-state index in [1.54, 1.807) is 42.6 Å². The number of ether oxygens (including phenoxy) is 1. The fourth-order valence-corrected chi connectivity index (χ4v) is 2.44. The number of hydrogen-bond acceptors (Lipinski definition) is 4. The molecule has 0 aliphatic carbocycles. The van der Waals surface area contributed by atoms with E-state index in [1.807, 2.05) is 43.3 Å². The lowest BCUT2D eigenvalue weighted by Crippen LogP contribution is -2.09. The Morgan fingerprint density at radius 3 is 2.58 bits per heavy atom. The molecule has 3 rings (SSSR count). The van der Waals surface area contributed by atoms with Crippen molar-refractivity contribution in [2.24, 2.45) is 5.10 Å². The zero-order chi connectivity index (χ0) is 18.4. The first-order valence-corrected chi connectivity index (χ1v) is 8.42. The number of carbonyl (C=O) groups excluding carboxylic acids is 1. The number of hydrazone groups is 1. The van der Waals surface area contributed by atoms with Crippen LogP contribution in [-0.4, -0.2) is 12.2 Å². The highest BCUT2D eigenvalue weighted by Gasteiger charge is 2.10. The number of rotatable bonds is 5. The van der Waals surface area contributed by atoms with E-state index in [4.69, 9.17) is 16.3 Å². The van der Waals surface area contributed by atoms with Crippen molar-refractivity contribution in [1.82, 2.24) is 0 Å². The third kappa shape index (κ3) is 4.71. The van der Waals surface area contributed by atoms with Gasteiger partial charge < -0.3 is 4.74 Å². The second-order valence-electron chi connectivity index (χ2n) is 5.67. The lowest BCUT2D eigenvalue weighted by atomic mass is 10.2. The molecule has 4 nitrogen and oxygen atoms in total. The Labute approximate surface area is 157 Å². The summed E-state index contributed by atoms with van der Waals surface area (Å²) in [4.78, 5) is 12.3. The van der Waals surface area contributed by atoms with Crippen LogP contribution >= 0.6 is 11.6 Å². The van der Waals surface area contributed by atoms with Crippen molar-refractivity contribution in [3.8, 4) is 5.75 Å². The molecule has 0 radical (unpaired) electrons. The molecule has 0 heterocycles. The second kappa shape index (κ2) is 8.32. The normalized spacial score (nSPS) is 10.7. The monoisotopic (exact) mass is 364 g/mol. The molecule has 26 heavy (non-hydrogen) atoms. The number of carbonyl (C=O) groups is 1. The number of nitrogens with zero attached hydrogens (tertiary/aromatic N) is 1. The summed E-state index contributed by atoms with van der Waals surface area (Å²) < 4.78 is 5.49. The average Bonchev–Trinajstić information content (AvgIpc) is 2.64. The van der Waals surface area contributed by atoms with Gasteiger partial charge in [0.2, 0.25) is 0 Å². The molecule has 0 amide bonds. The quantitative estimate of drug-likeness (QED) is 0.289. The Balaban J connectivity index is 1.72. The van der Waals surface area contributed by atoms with E-state index < -0.39 is 5.97 Å². The molecule has 1 N–H and O–H groups in total. The Kier molecular flexibility index (Phi) is 5.66. The first kappa shape index (κ1) is 17.7. The van der Waals surface area contributed by atoms with E-state index in [1.165, 1.54) is 0 Å². The van der Waals surface area contributed by atoms with Crippen LogP contribution in [0.3, 0.4) is 0 Å². The van der Waals surface area contributed by atoms with E-state index in [0.717, 1.165) is 11.3 Å². The summed E-state index contributed by atoms with van der Waals surface area (Å²) in [6, 6.07) is 21.6. The van der Waals surface area contributed by atoms with Gasteiger partial charge in [-0.1, -0.05) is 35.9 Å². The van der Waals surface area contributed by atoms with E-state index in [9.17, 15) is 4.79 Å². The van der Waals surface area contributed by atoms with E-state index in [-0.39, 0.29) is 0 Å². The molecule has 0 saturated carbocycles. The molecule has 0 spiro atoms. The third-order valence-corrected chi connectivity index (χ3v) is 3.87. The van der Waals surface area contributed by atoms with Crippen LogP contribution in [0.15, 0.2) is 77.9 Å². The molecule has 5 heteroatoms. The Morgan fingerprint density at radius 2 is 1.81 bits per heavy atom. The minimum absolute atomic E-state index is 0.430. The number of esters is 1. The van der Waals surface area contributed by atoms with Crippen LogP contribution in [0.1, 0.15) is 21.5 Å². The van der Waals surface area contributed by atoms with Gasteiger partial charge in [0.25, 0.3) is 0 Å². The maximum atomic E-state index is 12.3. The summed E-state index contributed by atoms with van der Waals surface area (Å²) in [5, 5.41) is 4.79. The van der Waals surface area contributed by atoms with Crippen LogP contribution < -0.4 is 10.2 Å². The summed E-state index contributed by atoms with van der Waals surface area (Å²) >= 11 is 5.84. The molecule has 0 atom stereocenters. The highest BCUT2D eigenvalue weighted by molar-refractivity contribution is 6.30. The van der Waals surface area contributed by atoms with E-state index in [0.29, 0.717) is 21.9 Å². The fourth-order valence-electron chi connectivity index (χ4n) is 2.32. The number of para-hydroxylation sites is 1. The molecule has 0 fully saturated rings. The molecule has 0 saturated heterocycles. The second-order valence-corrected chi connectivity index (χ2v) is 6.11. The molecule has 0 bridgehead atoms. The number of hydrogen-bond donors (Lipinski definition) is 1. The van der Waals surface area contributed by atoms with Gasteiger partial charge in [0, 0.05) is 10.6 Å². The first-order valence-electron chi connectivity index (χ1n) is 8.04. The third-order valence-electron chi connectivity index (χ3n) is 3.62. The fraction of sp³-hybridized carbons (Fsp3) is 0.0476. The lowest BCUT2D eigenvalue weighted by molar-refractivity contribution is 0.0734. The van der Waals surface area contributed by atoms with Crippen LogP contribution in [0.2, 0.25) is 5.02 Å². The van der Waals surface area contributed by atoms with Crippen molar-refractivity contribution < 1.29 is 9.53 Å². The van der Waals surface area contributed by atoms with Gasteiger partial charge in [-0.25, -0.2) is 4.79 Å². The number of nitrogens with one attached hydrogen (secondary N) is 1. The largest absolute Gasteiger partial charge is 0.422 e. The average molecular weight is 365 g/mol. The molecule has 0 aliphatic heterocycles. The maximum absolute atomic E-state index is 12.3. The molecule has 0 unspecified atom stereocenters. The van der Waals surface area contributed by atoms with Gasteiger partial charge in [-0.3, -0.25) is 5.43 Å². The summed E-state index contributed by atoms with van der Waals surface area (Å²) in [6.07, 6.45) is 1.62. The summed E-state index contributed by atoms with van der Waals surface area (Å²) in [7, 11) is 0. The molecule has 3 aromatic rings. The van der Waals surface area contributed by atoms with Gasteiger partial charge in [-0.15, -0.1) is 0 Å². The highest BCUT2D eigenvalue weighted by Crippen LogP contribution is 2.19. The van der Waals surface area contributed by atoms with Crippen LogP contribution in [0.5, 0.6) is 5.75 Å². The standard InChI is InChI=1S/C21H17ClN2O2/c1-15-5-4-7-19(13-15)24-23-14-17-6-2-3-8-20(17)26-21(25)16-9-11-18(22)12-10-16/h2-14,24H,1H3/b23-14+. The van der Waals surface area contributed by atoms with Gasteiger partial charge in [0.15, 0.2) is 0 Å². The van der Waals surface area contributed by atoms with Crippen molar-refractivity contribution in [2.75, 3.05) is 5.43 Å². The Hall–Kier alpha value is -3.11. The zero-order valence-electron chi connectivity index (χ0n) is 14.1. The minimum Gasteiger partial charge on any atom is -0.422 e. The van der Waals surface area contributed by atoms with Gasteiger partial charge in [0.1, 0.15) is 5.75 Å². The van der Waals surface area contributed by atoms with Crippen LogP contribution in [0.4, 0.5) is 5.69 Å². The Bertz CT molecular complexity index is 937. The zero-order valence-corrected chi connectivity index (χ0v) is 14.9. The molecule has 3 aromatic carbocycles. The number of halogens is 1. The van der Waals surface area contributed by atoms with Crippen molar-refractivity contribution in [1.29, 1.82) is 0 Å². The summed E-state index contributed by atoms with van der Waals surface area (Å²) in [5.41, 5.74) is 6.11. The molecular formula is C21H17ClN2O2. The summed E-state index contributed by atoms with van der Waals surface area (Å²) in [5.74, 6) is -0.0172. The Morgan fingerprint density at radius 1 is 1.04 bits per heavy atom. The minimum atomic E-state index is -0.450. The van der Waals surface area contributed by atoms with Crippen LogP contribution in [-0.2, 0) is 0 Å². The number of aryl methyl sites for hydroxylation is 1. The predicted molar refractivity (Wildman–Crippen MR) is 105 cm³/mol. The maximum Gasteiger partial charge on any atom is 0.343 e. The van der Waals surface area contributed by atoms with Crippen LogP contribution in [0.25, 0.3) is 0 Å². The van der Waals surface area contributed by atoms with Crippen molar-refractivity contribution in [3.63, 3.8) is 0 Å². The summed E-state index contributed by atoms with van der Waals surface area (Å²) in [6.45, 7) is 2.01. The van der Waals surface area contributed by atoms with Gasteiger partial charge in [-0.2, -0.15) is 5.10 Å². The smallest absolute Gasteiger partial charge is 0.343 e. The topological polar surface area (TPSA) is 50.7 Å². The van der Waals surface area contributed by atoms with Gasteiger partial charge in [-0.05, 0) is 61.0 Å². The highest BCUT2D eigenvalue weighted by atomic mass is 35.5. The lowest BCUT2D eigenvalue weighted by Gasteiger charge is -2.07. The number of benzene rings is 3. The van der Waals surface area contributed by atoms with Gasteiger partial charge >= 0.3 is 5.97 Å². The number of anilines is 1. The van der Waals surface area contributed by atoms with Gasteiger partial charge in [0.05, 0.1) is 17.5 Å². The van der Waals surface area contributed by atoms with Crippen molar-refractivity contribution in [3.05, 3.63) is 94.5 Å². The van der Waals surface area contributed by atoms with E-state index >= 15 is 0 Å². The van der Waals surface area contributed by atoms with Crippen molar-refractivity contribution >= 4 is 29.5 Å². The van der Waals surface area contributed by atoms with Crippen LogP contribution in [0, 0.1) is 6.92 Å². The van der Waals surface area contributed by atoms with Crippen molar-refractivity contribution in [2.45, 2.75) is 6.92 Å². The molecular weight excluding hydrogens is 348 g/mol. The molecule has 0 aromatic heterocycles. The first-order chi connectivity index (χ1) is 12.6. The van der Waals surface area contributed by atoms with E-state index in [2.05, 4.69) is 10.5 Å². The SMILES string of the molecule is Cc1cccc(N/N=C/c2ccccc2OC(=O)c2ccc(Cl)cc2)c1. The molecule has 130 valence electrons.